The fourth-order valence-electron chi connectivity index (χ4n) is 5.38. The van der Waals surface area contributed by atoms with Crippen molar-refractivity contribution in [1.29, 1.82) is 0 Å². The minimum absolute atomic E-state index is 0.0263. The maximum Gasteiger partial charge on any atom is 0.273 e. The summed E-state index contributed by atoms with van der Waals surface area (Å²) in [6.45, 7) is 0. The molecule has 1 atom stereocenters. The van der Waals surface area contributed by atoms with E-state index >= 15 is 0 Å². The first-order valence-electron chi connectivity index (χ1n) is 13.4. The van der Waals surface area contributed by atoms with Crippen molar-refractivity contribution in [1.82, 2.24) is 15.0 Å². The Bertz CT molecular complexity index is 1300. The van der Waals surface area contributed by atoms with E-state index in [-0.39, 0.29) is 40.2 Å². The van der Waals surface area contributed by atoms with Gasteiger partial charge in [0, 0.05) is 27.7 Å². The molecule has 2 aliphatic carbocycles. The summed E-state index contributed by atoms with van der Waals surface area (Å²) in [5, 5.41) is 8.57. The lowest BCUT2D eigenvalue weighted by Gasteiger charge is -2.31. The van der Waals surface area contributed by atoms with Gasteiger partial charge in [0.15, 0.2) is 11.7 Å². The number of benzene rings is 1. The first kappa shape index (κ1) is 27.6. The van der Waals surface area contributed by atoms with E-state index in [1.54, 1.807) is 24.3 Å². The van der Waals surface area contributed by atoms with Gasteiger partial charge < -0.3 is 16.4 Å². The van der Waals surface area contributed by atoms with Crippen molar-refractivity contribution in [3.05, 3.63) is 62.2 Å². The molecule has 1 aromatic carbocycles. The predicted molar refractivity (Wildman–Crippen MR) is 157 cm³/mol. The summed E-state index contributed by atoms with van der Waals surface area (Å²) < 4.78 is 4.28. The van der Waals surface area contributed by atoms with Crippen LogP contribution < -0.4 is 21.3 Å². The first-order chi connectivity index (χ1) is 18.9. The highest BCUT2D eigenvalue weighted by atomic mass is 35.5. The van der Waals surface area contributed by atoms with Gasteiger partial charge in [0.1, 0.15) is 4.88 Å². The fraction of sp³-hybridized carbons (Fsp3) is 0.429. The van der Waals surface area contributed by atoms with Crippen LogP contribution in [0, 0.1) is 0 Å². The van der Waals surface area contributed by atoms with Crippen LogP contribution >= 0.6 is 34.5 Å². The topological polar surface area (TPSA) is 117 Å². The van der Waals surface area contributed by atoms with Crippen LogP contribution in [0.5, 0.6) is 0 Å². The third kappa shape index (κ3) is 6.28. The van der Waals surface area contributed by atoms with Crippen LogP contribution in [-0.2, 0) is 4.79 Å². The van der Waals surface area contributed by atoms with Crippen molar-refractivity contribution in [2.75, 3.05) is 10.6 Å². The molecule has 0 saturated heterocycles. The van der Waals surface area contributed by atoms with Gasteiger partial charge in [0.05, 0.1) is 5.69 Å². The average Bonchev–Trinajstić information content (AvgIpc) is 3.71. The molecular weight excluding hydrogens is 554 g/mol. The summed E-state index contributed by atoms with van der Waals surface area (Å²) in [6.07, 6.45) is 9.13. The van der Waals surface area contributed by atoms with Gasteiger partial charge >= 0.3 is 0 Å². The summed E-state index contributed by atoms with van der Waals surface area (Å²) in [7, 11) is 0. The third-order valence-electron chi connectivity index (χ3n) is 7.42. The smallest absolute Gasteiger partial charge is 0.273 e. The van der Waals surface area contributed by atoms with E-state index in [2.05, 4.69) is 15.0 Å². The molecule has 3 amide bonds. The number of nitrogens with zero attached hydrogens (tertiary/aromatic N) is 2. The molecule has 0 bridgehead atoms. The number of hydrogen-bond acceptors (Lipinski definition) is 7. The zero-order valence-corrected chi connectivity index (χ0v) is 23.9. The van der Waals surface area contributed by atoms with Crippen molar-refractivity contribution in [3.8, 4) is 0 Å². The van der Waals surface area contributed by atoms with Crippen molar-refractivity contribution < 1.29 is 14.4 Å². The Labute approximate surface area is 241 Å². The largest absolute Gasteiger partial charge is 0.395 e. The van der Waals surface area contributed by atoms with Crippen LogP contribution in [0.15, 0.2) is 41.8 Å². The molecule has 0 aliphatic heterocycles. The van der Waals surface area contributed by atoms with Crippen LogP contribution in [-0.4, -0.2) is 34.2 Å². The number of carbonyl (C=O) groups excluding carboxylic acids is 3. The molecule has 39 heavy (non-hydrogen) atoms. The maximum atomic E-state index is 14.2. The minimum atomic E-state index is -0.930. The van der Waals surface area contributed by atoms with Gasteiger partial charge in [0.25, 0.3) is 11.8 Å². The van der Waals surface area contributed by atoms with Gasteiger partial charge in [-0.05, 0) is 72.9 Å². The van der Waals surface area contributed by atoms with Gasteiger partial charge in [-0.25, -0.2) is 0 Å². The highest BCUT2D eigenvalue weighted by Gasteiger charge is 2.37. The summed E-state index contributed by atoms with van der Waals surface area (Å²) in [5.41, 5.74) is 6.96. The van der Waals surface area contributed by atoms with Crippen LogP contribution in [0.4, 0.5) is 11.4 Å². The number of anilines is 2. The number of rotatable bonds is 8. The number of nitrogens with one attached hydrogen (secondary N) is 2. The van der Waals surface area contributed by atoms with E-state index < -0.39 is 11.9 Å². The monoisotopic (exact) mass is 585 g/mol. The summed E-state index contributed by atoms with van der Waals surface area (Å²) in [4.78, 5) is 43.3. The number of halogens is 1. The quantitative estimate of drug-likeness (QED) is 0.302. The molecule has 0 radical (unpaired) electrons. The van der Waals surface area contributed by atoms with Gasteiger partial charge in [-0.1, -0.05) is 49.8 Å². The molecular formula is C28H32ClN5O3S2. The highest BCUT2D eigenvalue weighted by molar-refractivity contribution is 7.10. The van der Waals surface area contributed by atoms with E-state index in [1.165, 1.54) is 22.7 Å². The van der Waals surface area contributed by atoms with Crippen molar-refractivity contribution in [3.63, 3.8) is 0 Å². The number of thiophene rings is 1. The number of aromatic nitrogens is 1. The van der Waals surface area contributed by atoms with E-state index in [1.807, 2.05) is 17.5 Å². The standard InChI is InChI=1S/C28H32ClN5O3S2/c29-17-12-14-20(15-13-17)34(24(21-11-6-16-38-21)27(36)32-19-9-4-5-10-19)28(37)25-22(30)23(33-39-25)26(35)31-18-7-2-1-3-8-18/h6,11-16,18-19,24H,1-5,7-10,30H2,(H,31,35)(H,32,36). The van der Waals surface area contributed by atoms with Crippen molar-refractivity contribution in [2.24, 2.45) is 0 Å². The van der Waals surface area contributed by atoms with Crippen molar-refractivity contribution >= 4 is 63.6 Å². The second kappa shape index (κ2) is 12.5. The maximum absolute atomic E-state index is 14.2. The Morgan fingerprint density at radius 3 is 2.23 bits per heavy atom. The normalized spacial score (nSPS) is 17.1. The molecule has 2 aromatic heterocycles. The third-order valence-corrected chi connectivity index (χ3v) is 9.45. The van der Waals surface area contributed by atoms with E-state index in [0.29, 0.717) is 15.6 Å². The van der Waals surface area contributed by atoms with Gasteiger partial charge in [-0.2, -0.15) is 4.37 Å². The Balaban J connectivity index is 1.49. The molecule has 0 spiro atoms. The minimum Gasteiger partial charge on any atom is -0.395 e. The Hall–Kier alpha value is -2.95. The van der Waals surface area contributed by atoms with Crippen molar-refractivity contribution in [2.45, 2.75) is 75.9 Å². The van der Waals surface area contributed by atoms with Gasteiger partial charge in [-0.3, -0.25) is 19.3 Å². The summed E-state index contributed by atoms with van der Waals surface area (Å²) in [5.74, 6) is -1.13. The fourth-order valence-corrected chi connectivity index (χ4v) is 7.06. The molecule has 2 aliphatic rings. The molecule has 3 aromatic rings. The molecule has 5 rings (SSSR count). The van der Waals surface area contributed by atoms with E-state index in [9.17, 15) is 14.4 Å². The van der Waals surface area contributed by atoms with Gasteiger partial charge in [0.2, 0.25) is 5.91 Å². The predicted octanol–water partition coefficient (Wildman–Crippen LogP) is 5.95. The number of amides is 3. The zero-order valence-electron chi connectivity index (χ0n) is 21.5. The Morgan fingerprint density at radius 2 is 1.59 bits per heavy atom. The zero-order chi connectivity index (χ0) is 27.4. The Kier molecular flexibility index (Phi) is 8.84. The summed E-state index contributed by atoms with van der Waals surface area (Å²) in [6, 6.07) is 9.70. The molecule has 11 heteroatoms. The first-order valence-corrected chi connectivity index (χ1v) is 15.4. The Morgan fingerprint density at radius 1 is 0.949 bits per heavy atom. The number of hydrogen-bond donors (Lipinski definition) is 3. The molecule has 4 N–H and O–H groups in total. The highest BCUT2D eigenvalue weighted by Crippen LogP contribution is 2.36. The summed E-state index contributed by atoms with van der Waals surface area (Å²) >= 11 is 8.44. The van der Waals surface area contributed by atoms with E-state index in [4.69, 9.17) is 17.3 Å². The van der Waals surface area contributed by atoms with Crippen LogP contribution in [0.1, 0.15) is 88.9 Å². The van der Waals surface area contributed by atoms with Gasteiger partial charge in [-0.15, -0.1) is 11.3 Å². The molecule has 8 nitrogen and oxygen atoms in total. The number of carbonyl (C=O) groups is 3. The second-order valence-electron chi connectivity index (χ2n) is 10.1. The van der Waals surface area contributed by atoms with Crippen LogP contribution in [0.3, 0.4) is 0 Å². The molecule has 2 saturated carbocycles. The molecule has 206 valence electrons. The lowest BCUT2D eigenvalue weighted by molar-refractivity contribution is -0.123. The average molecular weight is 586 g/mol. The second-order valence-corrected chi connectivity index (χ2v) is 12.3. The number of nitrogens with two attached hydrogens (primary N) is 1. The SMILES string of the molecule is Nc1c(C(=O)NC2CCCCC2)nsc1C(=O)N(c1ccc(Cl)cc1)C(C(=O)NC1CCCC1)c1cccs1. The lowest BCUT2D eigenvalue weighted by atomic mass is 9.95. The molecule has 2 heterocycles. The molecule has 1 unspecified atom stereocenters. The van der Waals surface area contributed by atoms with Crippen LogP contribution in [0.2, 0.25) is 5.02 Å². The lowest BCUT2D eigenvalue weighted by Crippen LogP contribution is -2.46. The van der Waals surface area contributed by atoms with Crippen LogP contribution in [0.25, 0.3) is 0 Å². The number of nitrogen functional groups attached to an aromatic ring is 1. The van der Waals surface area contributed by atoms with E-state index in [0.717, 1.165) is 62.9 Å². The molecule has 2 fully saturated rings.